The SMILES string of the molecule is CCOC(=O)CNC(=O)[C@H]1CCCc2c1[nH]c1ccc(Cl)cc21. The van der Waals surface area contributed by atoms with Gasteiger partial charge in [-0.2, -0.15) is 0 Å². The minimum Gasteiger partial charge on any atom is -0.465 e. The molecule has 23 heavy (non-hydrogen) atoms. The fraction of sp³-hybridized carbons (Fsp3) is 0.412. The lowest BCUT2D eigenvalue weighted by atomic mass is 9.86. The maximum atomic E-state index is 12.4. The number of rotatable bonds is 4. The zero-order valence-electron chi connectivity index (χ0n) is 12.9. The summed E-state index contributed by atoms with van der Waals surface area (Å²) in [7, 11) is 0. The van der Waals surface area contributed by atoms with Crippen LogP contribution in [-0.4, -0.2) is 30.0 Å². The number of carbonyl (C=O) groups excluding carboxylic acids is 2. The van der Waals surface area contributed by atoms with Crippen LogP contribution in [0.2, 0.25) is 5.02 Å². The van der Waals surface area contributed by atoms with Gasteiger partial charge >= 0.3 is 5.97 Å². The number of H-pyrrole nitrogens is 1. The van der Waals surface area contributed by atoms with E-state index >= 15 is 0 Å². The van der Waals surface area contributed by atoms with E-state index in [4.69, 9.17) is 16.3 Å². The Balaban J connectivity index is 1.82. The summed E-state index contributed by atoms with van der Waals surface area (Å²) in [5, 5.41) is 4.44. The van der Waals surface area contributed by atoms with Gasteiger partial charge < -0.3 is 15.0 Å². The molecular formula is C17H19ClN2O3. The van der Waals surface area contributed by atoms with Gasteiger partial charge in [0, 0.05) is 21.6 Å². The first-order chi connectivity index (χ1) is 11.1. The number of carbonyl (C=O) groups is 2. The molecule has 0 spiro atoms. The van der Waals surface area contributed by atoms with Gasteiger partial charge in [0.25, 0.3) is 0 Å². The van der Waals surface area contributed by atoms with E-state index in [1.54, 1.807) is 6.92 Å². The average molecular weight is 335 g/mol. The number of aromatic amines is 1. The molecule has 0 unspecified atom stereocenters. The van der Waals surface area contributed by atoms with E-state index in [0.29, 0.717) is 11.6 Å². The molecule has 2 aromatic rings. The van der Waals surface area contributed by atoms with Crippen LogP contribution < -0.4 is 5.32 Å². The van der Waals surface area contributed by atoms with Gasteiger partial charge in [-0.15, -0.1) is 0 Å². The molecule has 1 amide bonds. The van der Waals surface area contributed by atoms with Crippen LogP contribution in [0.15, 0.2) is 18.2 Å². The number of aromatic nitrogens is 1. The molecule has 1 atom stereocenters. The molecule has 1 aromatic carbocycles. The molecule has 0 radical (unpaired) electrons. The van der Waals surface area contributed by atoms with Gasteiger partial charge in [0.05, 0.1) is 12.5 Å². The lowest BCUT2D eigenvalue weighted by Gasteiger charge is -2.21. The van der Waals surface area contributed by atoms with Crippen molar-refractivity contribution in [3.05, 3.63) is 34.5 Å². The van der Waals surface area contributed by atoms with E-state index < -0.39 is 5.97 Å². The lowest BCUT2D eigenvalue weighted by molar-refractivity contribution is -0.143. The zero-order chi connectivity index (χ0) is 16.4. The van der Waals surface area contributed by atoms with Gasteiger partial charge in [-0.1, -0.05) is 11.6 Å². The van der Waals surface area contributed by atoms with E-state index in [9.17, 15) is 9.59 Å². The number of amides is 1. The highest BCUT2D eigenvalue weighted by molar-refractivity contribution is 6.31. The second kappa shape index (κ2) is 6.62. The van der Waals surface area contributed by atoms with Crippen LogP contribution in [0.4, 0.5) is 0 Å². The van der Waals surface area contributed by atoms with Crippen LogP contribution in [0.1, 0.15) is 36.9 Å². The Kier molecular flexibility index (Phi) is 4.57. The molecule has 1 heterocycles. The Morgan fingerprint density at radius 1 is 1.43 bits per heavy atom. The second-order valence-corrected chi connectivity index (χ2v) is 6.11. The summed E-state index contributed by atoms with van der Waals surface area (Å²) in [6, 6.07) is 5.70. The Labute approximate surface area is 139 Å². The van der Waals surface area contributed by atoms with Crippen LogP contribution >= 0.6 is 11.6 Å². The number of benzene rings is 1. The van der Waals surface area contributed by atoms with Crippen molar-refractivity contribution in [3.63, 3.8) is 0 Å². The molecule has 5 nitrogen and oxygen atoms in total. The standard InChI is InChI=1S/C17H19ClN2O3/c1-2-23-15(21)9-19-17(22)12-5-3-4-11-13-8-10(18)6-7-14(13)20-16(11)12/h6-8,12,20H,2-5,9H2,1H3,(H,19,22)/t12-/m0/s1. The van der Waals surface area contributed by atoms with Crippen molar-refractivity contribution in [2.45, 2.75) is 32.1 Å². The van der Waals surface area contributed by atoms with Crippen LogP contribution in [-0.2, 0) is 20.7 Å². The van der Waals surface area contributed by atoms with Crippen molar-refractivity contribution < 1.29 is 14.3 Å². The number of hydrogen-bond acceptors (Lipinski definition) is 3. The number of ether oxygens (including phenoxy) is 1. The van der Waals surface area contributed by atoms with Gasteiger partial charge in [-0.05, 0) is 49.9 Å². The normalized spacial score (nSPS) is 16.9. The third kappa shape index (κ3) is 3.20. The molecule has 0 fully saturated rings. The van der Waals surface area contributed by atoms with Crippen LogP contribution in [0.5, 0.6) is 0 Å². The first kappa shape index (κ1) is 15.9. The summed E-state index contributed by atoms with van der Waals surface area (Å²) in [5.74, 6) is -0.823. The summed E-state index contributed by atoms with van der Waals surface area (Å²) in [6.45, 7) is 1.96. The number of fused-ring (bicyclic) bond motifs is 3. The highest BCUT2D eigenvalue weighted by Gasteiger charge is 2.29. The molecular weight excluding hydrogens is 316 g/mol. The Morgan fingerprint density at radius 2 is 2.26 bits per heavy atom. The molecule has 0 bridgehead atoms. The van der Waals surface area contributed by atoms with Gasteiger partial charge in [0.15, 0.2) is 0 Å². The summed E-state index contributed by atoms with van der Waals surface area (Å²) in [6.07, 6.45) is 2.63. The van der Waals surface area contributed by atoms with Gasteiger partial charge in [-0.3, -0.25) is 9.59 Å². The van der Waals surface area contributed by atoms with Gasteiger partial charge in [-0.25, -0.2) is 0 Å². The fourth-order valence-electron chi connectivity index (χ4n) is 3.19. The predicted molar refractivity (Wildman–Crippen MR) is 88.6 cm³/mol. The minimum atomic E-state index is -0.416. The largest absolute Gasteiger partial charge is 0.465 e. The van der Waals surface area contributed by atoms with Crippen molar-refractivity contribution in [1.82, 2.24) is 10.3 Å². The summed E-state index contributed by atoms with van der Waals surface area (Å²) >= 11 is 6.09. The first-order valence-electron chi connectivity index (χ1n) is 7.83. The average Bonchev–Trinajstić information content (AvgIpc) is 2.91. The fourth-order valence-corrected chi connectivity index (χ4v) is 3.36. The highest BCUT2D eigenvalue weighted by Crippen LogP contribution is 2.37. The second-order valence-electron chi connectivity index (χ2n) is 5.67. The number of nitrogens with one attached hydrogen (secondary N) is 2. The van der Waals surface area contributed by atoms with E-state index in [1.165, 1.54) is 0 Å². The third-order valence-electron chi connectivity index (χ3n) is 4.20. The molecule has 122 valence electrons. The smallest absolute Gasteiger partial charge is 0.325 e. The number of esters is 1. The molecule has 6 heteroatoms. The maximum absolute atomic E-state index is 12.4. The summed E-state index contributed by atoms with van der Waals surface area (Å²) in [5.41, 5.74) is 3.09. The Bertz CT molecular complexity index is 754. The number of aryl methyl sites for hydroxylation is 1. The molecule has 2 N–H and O–H groups in total. The number of halogens is 1. The summed E-state index contributed by atoms with van der Waals surface area (Å²) in [4.78, 5) is 27.2. The third-order valence-corrected chi connectivity index (χ3v) is 4.43. The quantitative estimate of drug-likeness (QED) is 0.844. The molecule has 0 aliphatic heterocycles. The molecule has 0 saturated heterocycles. The van der Waals surface area contributed by atoms with Crippen molar-refractivity contribution in [3.8, 4) is 0 Å². The molecule has 1 aliphatic carbocycles. The van der Waals surface area contributed by atoms with Crippen molar-refractivity contribution >= 4 is 34.4 Å². The predicted octanol–water partition coefficient (Wildman–Crippen LogP) is 2.92. The van der Waals surface area contributed by atoms with E-state index in [0.717, 1.165) is 41.4 Å². The van der Waals surface area contributed by atoms with E-state index in [1.807, 2.05) is 18.2 Å². The van der Waals surface area contributed by atoms with E-state index in [2.05, 4.69) is 10.3 Å². The number of hydrogen-bond donors (Lipinski definition) is 2. The zero-order valence-corrected chi connectivity index (χ0v) is 13.7. The Hall–Kier alpha value is -2.01. The maximum Gasteiger partial charge on any atom is 0.325 e. The highest BCUT2D eigenvalue weighted by atomic mass is 35.5. The molecule has 1 aromatic heterocycles. The molecule has 1 aliphatic rings. The topological polar surface area (TPSA) is 71.2 Å². The van der Waals surface area contributed by atoms with Crippen molar-refractivity contribution in [2.24, 2.45) is 0 Å². The van der Waals surface area contributed by atoms with Gasteiger partial charge in [0.1, 0.15) is 6.54 Å². The van der Waals surface area contributed by atoms with Crippen LogP contribution in [0.3, 0.4) is 0 Å². The van der Waals surface area contributed by atoms with E-state index in [-0.39, 0.29) is 18.4 Å². The van der Waals surface area contributed by atoms with Crippen molar-refractivity contribution in [2.75, 3.05) is 13.2 Å². The Morgan fingerprint density at radius 3 is 3.04 bits per heavy atom. The summed E-state index contributed by atoms with van der Waals surface area (Å²) < 4.78 is 4.83. The van der Waals surface area contributed by atoms with Crippen LogP contribution in [0.25, 0.3) is 10.9 Å². The lowest BCUT2D eigenvalue weighted by Crippen LogP contribution is -2.35. The first-order valence-corrected chi connectivity index (χ1v) is 8.21. The van der Waals surface area contributed by atoms with Crippen molar-refractivity contribution in [1.29, 1.82) is 0 Å². The monoisotopic (exact) mass is 334 g/mol. The van der Waals surface area contributed by atoms with Crippen LogP contribution in [0, 0.1) is 0 Å². The minimum absolute atomic E-state index is 0.0927. The molecule has 3 rings (SSSR count). The van der Waals surface area contributed by atoms with Gasteiger partial charge in [0.2, 0.25) is 5.91 Å². The molecule has 0 saturated carbocycles.